The number of anilines is 1. The lowest BCUT2D eigenvalue weighted by atomic mass is 10.2. The maximum atomic E-state index is 5.93. The first-order valence-electron chi connectivity index (χ1n) is 8.48. The van der Waals surface area contributed by atoms with Gasteiger partial charge in [0, 0.05) is 11.4 Å². The summed E-state index contributed by atoms with van der Waals surface area (Å²) in [6.07, 6.45) is 2.65. The van der Waals surface area contributed by atoms with Gasteiger partial charge in [-0.1, -0.05) is 58.5 Å². The van der Waals surface area contributed by atoms with Crippen LogP contribution in [-0.2, 0) is 6.42 Å². The number of hydrogen-bond acceptors (Lipinski definition) is 6. The van der Waals surface area contributed by atoms with Gasteiger partial charge in [-0.25, -0.2) is 4.68 Å². The van der Waals surface area contributed by atoms with Crippen molar-refractivity contribution in [3.05, 3.63) is 82.1 Å². The largest absolute Gasteiger partial charge is 0.352 e. The molecule has 0 aliphatic carbocycles. The van der Waals surface area contributed by atoms with Crippen LogP contribution in [0.5, 0.6) is 0 Å². The lowest BCUT2D eigenvalue weighted by Crippen LogP contribution is -2.06. The normalized spacial score (nSPS) is 12.1. The quantitative estimate of drug-likeness (QED) is 0.518. The molecule has 0 bridgehead atoms. The van der Waals surface area contributed by atoms with Crippen LogP contribution in [0.15, 0.2) is 60.8 Å². The molecule has 8 heteroatoms. The van der Waals surface area contributed by atoms with Crippen LogP contribution in [0, 0.1) is 0 Å². The number of aromatic nitrogens is 5. The topological polar surface area (TPSA) is 68.5 Å². The fourth-order valence-electron chi connectivity index (χ4n) is 2.60. The minimum absolute atomic E-state index is 0.0289. The average molecular weight is 397 g/mol. The Balaban J connectivity index is 1.41. The van der Waals surface area contributed by atoms with Gasteiger partial charge in [0.25, 0.3) is 0 Å². The van der Waals surface area contributed by atoms with E-state index in [1.54, 1.807) is 4.68 Å². The lowest BCUT2D eigenvalue weighted by Gasteiger charge is -2.08. The van der Waals surface area contributed by atoms with Crippen molar-refractivity contribution < 1.29 is 0 Å². The molecule has 1 unspecified atom stereocenters. The smallest absolute Gasteiger partial charge is 0.206 e. The second-order valence-corrected chi connectivity index (χ2v) is 7.59. The van der Waals surface area contributed by atoms with Crippen LogP contribution in [0.2, 0.25) is 5.02 Å². The van der Waals surface area contributed by atoms with Gasteiger partial charge in [-0.05, 0) is 36.8 Å². The van der Waals surface area contributed by atoms with E-state index in [9.17, 15) is 0 Å². The minimum Gasteiger partial charge on any atom is -0.352 e. The Morgan fingerprint density at radius 3 is 2.59 bits per heavy atom. The first kappa shape index (κ1) is 17.6. The first-order chi connectivity index (χ1) is 13.2. The van der Waals surface area contributed by atoms with Crippen molar-refractivity contribution in [1.82, 2.24) is 25.2 Å². The van der Waals surface area contributed by atoms with E-state index < -0.39 is 0 Å². The van der Waals surface area contributed by atoms with Gasteiger partial charge in [0.05, 0.1) is 17.9 Å². The molecule has 4 rings (SSSR count). The summed E-state index contributed by atoms with van der Waals surface area (Å²) in [4.78, 5) is 0. The molecular formula is C19H17ClN6S. The van der Waals surface area contributed by atoms with E-state index >= 15 is 0 Å². The highest BCUT2D eigenvalue weighted by atomic mass is 35.5. The third-order valence-corrected chi connectivity index (χ3v) is 5.16. The highest BCUT2D eigenvalue weighted by Gasteiger charge is 2.13. The van der Waals surface area contributed by atoms with E-state index in [1.165, 1.54) is 11.3 Å². The Bertz CT molecular complexity index is 1010. The van der Waals surface area contributed by atoms with Crippen molar-refractivity contribution in [3.63, 3.8) is 0 Å². The van der Waals surface area contributed by atoms with Gasteiger partial charge < -0.3 is 5.32 Å². The molecule has 2 aromatic heterocycles. The maximum absolute atomic E-state index is 5.93. The predicted molar refractivity (Wildman–Crippen MR) is 108 cm³/mol. The van der Waals surface area contributed by atoms with Crippen LogP contribution in [0.1, 0.15) is 29.2 Å². The second-order valence-electron chi connectivity index (χ2n) is 6.09. The van der Waals surface area contributed by atoms with Crippen LogP contribution in [0.3, 0.4) is 0 Å². The molecule has 6 nitrogen and oxygen atoms in total. The van der Waals surface area contributed by atoms with Gasteiger partial charge in [-0.3, -0.25) is 0 Å². The molecule has 136 valence electrons. The number of nitrogens with one attached hydrogen (secondary N) is 1. The van der Waals surface area contributed by atoms with Crippen LogP contribution < -0.4 is 5.32 Å². The Hall–Kier alpha value is -2.77. The van der Waals surface area contributed by atoms with Gasteiger partial charge in [-0.15, -0.1) is 15.3 Å². The van der Waals surface area contributed by atoms with Crippen molar-refractivity contribution in [2.45, 2.75) is 19.4 Å². The zero-order valence-corrected chi connectivity index (χ0v) is 16.2. The number of nitrogens with zero attached hydrogens (tertiary/aromatic N) is 5. The number of rotatable bonds is 6. The average Bonchev–Trinajstić information content (AvgIpc) is 3.34. The summed E-state index contributed by atoms with van der Waals surface area (Å²) in [6.45, 7) is 2.03. The third kappa shape index (κ3) is 4.32. The van der Waals surface area contributed by atoms with Gasteiger partial charge in [-0.2, -0.15) is 0 Å². The molecule has 0 fully saturated rings. The fraction of sp³-hybridized carbons (Fsp3) is 0.158. The Morgan fingerprint density at radius 2 is 1.81 bits per heavy atom. The molecule has 4 aromatic rings. The molecule has 27 heavy (non-hydrogen) atoms. The number of hydrogen-bond donors (Lipinski definition) is 1. The van der Waals surface area contributed by atoms with Crippen LogP contribution in [0.25, 0.3) is 5.69 Å². The van der Waals surface area contributed by atoms with E-state index in [2.05, 4.69) is 25.8 Å². The molecule has 0 amide bonds. The summed E-state index contributed by atoms with van der Waals surface area (Å²) in [5, 5.41) is 22.8. The summed E-state index contributed by atoms with van der Waals surface area (Å²) in [7, 11) is 0. The lowest BCUT2D eigenvalue weighted by molar-refractivity contribution is 0.779. The third-order valence-electron chi connectivity index (χ3n) is 4.05. The number of halogens is 1. The highest BCUT2D eigenvalue weighted by Crippen LogP contribution is 2.23. The zero-order chi connectivity index (χ0) is 18.6. The molecule has 2 heterocycles. The molecule has 0 radical (unpaired) electrons. The molecule has 0 spiro atoms. The second kappa shape index (κ2) is 7.85. The molecule has 0 saturated carbocycles. The standard InChI is InChI=1S/C19H17ClN6S/c1-13(17-12-26(25-22-17)16-5-3-2-4-6-16)21-19-24-23-18(27-19)11-14-7-9-15(20)10-8-14/h2-10,12-13H,11H2,1H3,(H,21,24). The Labute approximate surface area is 165 Å². The van der Waals surface area contributed by atoms with E-state index in [1.807, 2.05) is 67.7 Å². The van der Waals surface area contributed by atoms with Gasteiger partial charge in [0.2, 0.25) is 5.13 Å². The van der Waals surface area contributed by atoms with Gasteiger partial charge in [0.15, 0.2) is 0 Å². The Morgan fingerprint density at radius 1 is 1.04 bits per heavy atom. The molecule has 1 N–H and O–H groups in total. The van der Waals surface area contributed by atoms with Crippen molar-refractivity contribution in [1.29, 1.82) is 0 Å². The Kier molecular flexibility index (Phi) is 5.13. The fourth-order valence-corrected chi connectivity index (χ4v) is 3.59. The number of para-hydroxylation sites is 1. The summed E-state index contributed by atoms with van der Waals surface area (Å²) in [5.74, 6) is 0. The van der Waals surface area contributed by atoms with Crippen LogP contribution in [-0.4, -0.2) is 25.2 Å². The van der Waals surface area contributed by atoms with E-state index in [0.717, 1.165) is 38.5 Å². The molecule has 2 aromatic carbocycles. The van der Waals surface area contributed by atoms with E-state index in [4.69, 9.17) is 11.6 Å². The zero-order valence-electron chi connectivity index (χ0n) is 14.6. The monoisotopic (exact) mass is 396 g/mol. The van der Waals surface area contributed by atoms with Gasteiger partial charge >= 0.3 is 0 Å². The molecule has 1 atom stereocenters. The van der Waals surface area contributed by atoms with Crippen LogP contribution in [0.4, 0.5) is 5.13 Å². The van der Waals surface area contributed by atoms with Crippen molar-refractivity contribution in [2.24, 2.45) is 0 Å². The molecule has 0 aliphatic rings. The van der Waals surface area contributed by atoms with E-state index in [0.29, 0.717) is 0 Å². The molecule has 0 saturated heterocycles. The summed E-state index contributed by atoms with van der Waals surface area (Å²) in [6, 6.07) is 17.6. The number of benzene rings is 2. The van der Waals surface area contributed by atoms with Crippen LogP contribution >= 0.6 is 22.9 Å². The van der Waals surface area contributed by atoms with Crippen molar-refractivity contribution >= 4 is 28.1 Å². The molecular weight excluding hydrogens is 380 g/mol. The minimum atomic E-state index is -0.0289. The van der Waals surface area contributed by atoms with E-state index in [-0.39, 0.29) is 6.04 Å². The summed E-state index contributed by atoms with van der Waals surface area (Å²) in [5.41, 5.74) is 2.97. The summed E-state index contributed by atoms with van der Waals surface area (Å²) >= 11 is 7.46. The van der Waals surface area contributed by atoms with Crippen molar-refractivity contribution in [3.8, 4) is 5.69 Å². The summed E-state index contributed by atoms with van der Waals surface area (Å²) < 4.78 is 1.76. The first-order valence-corrected chi connectivity index (χ1v) is 9.68. The predicted octanol–water partition coefficient (Wildman–Crippen LogP) is 4.54. The van der Waals surface area contributed by atoms with Gasteiger partial charge in [0.1, 0.15) is 10.7 Å². The SMILES string of the molecule is CC(Nc1nnc(Cc2ccc(Cl)cc2)s1)c1cn(-c2ccccc2)nn1. The maximum Gasteiger partial charge on any atom is 0.206 e. The highest BCUT2D eigenvalue weighted by molar-refractivity contribution is 7.15. The molecule has 0 aliphatic heterocycles. The van der Waals surface area contributed by atoms with Crippen molar-refractivity contribution in [2.75, 3.05) is 5.32 Å².